The van der Waals surface area contributed by atoms with Crippen LogP contribution in [-0.2, 0) is 16.5 Å². The topological polar surface area (TPSA) is 178 Å². The van der Waals surface area contributed by atoms with E-state index in [2.05, 4.69) is 0 Å². The normalized spacial score (nSPS) is 3.33. The molecule has 0 spiro atoms. The molecule has 12 N–H and O–H groups in total. The Morgan fingerprint density at radius 3 is 0.778 bits per heavy atom. The molecule has 0 aromatic heterocycles. The molecule has 0 radical (unpaired) electrons. The molecule has 0 saturated carbocycles. The molecule has 0 heterocycles. The first-order valence-corrected chi connectivity index (χ1v) is 1.32. The van der Waals surface area contributed by atoms with Crippen molar-refractivity contribution in [1.82, 2.24) is 0 Å². The van der Waals surface area contributed by atoms with Crippen LogP contribution in [0.25, 0.3) is 0 Å². The SMILES string of the molecule is NCCN.O.O.O.O.[Ni+2]. The van der Waals surface area contributed by atoms with Gasteiger partial charge in [0.05, 0.1) is 0 Å². The summed E-state index contributed by atoms with van der Waals surface area (Å²) in [4.78, 5) is 0. The fourth-order valence-electron chi connectivity index (χ4n) is 0. The van der Waals surface area contributed by atoms with Gasteiger partial charge in [0.25, 0.3) is 0 Å². The third kappa shape index (κ3) is 205. The van der Waals surface area contributed by atoms with Crippen LogP contribution in [0, 0.1) is 0 Å². The van der Waals surface area contributed by atoms with Gasteiger partial charge in [-0.3, -0.25) is 0 Å². The molecule has 7 heteroatoms. The average molecular weight is 191 g/mol. The Morgan fingerprint density at radius 2 is 0.778 bits per heavy atom. The van der Waals surface area contributed by atoms with Crippen molar-refractivity contribution < 1.29 is 38.4 Å². The predicted octanol–water partition coefficient (Wildman–Crippen LogP) is -4.40. The minimum Gasteiger partial charge on any atom is -0.412 e. The fourth-order valence-corrected chi connectivity index (χ4v) is 0. The molecule has 0 fully saturated rings. The number of hydrogen-bond donors (Lipinski definition) is 2. The molecule has 0 bridgehead atoms. The zero-order valence-electron chi connectivity index (χ0n) is 4.89. The first-order chi connectivity index (χ1) is 1.91. The van der Waals surface area contributed by atoms with Crippen LogP contribution in [0.15, 0.2) is 0 Å². The first-order valence-electron chi connectivity index (χ1n) is 1.32. The van der Waals surface area contributed by atoms with E-state index in [1.165, 1.54) is 0 Å². The van der Waals surface area contributed by atoms with Crippen molar-refractivity contribution in [2.75, 3.05) is 13.1 Å². The molecule has 0 atom stereocenters. The molecule has 6 nitrogen and oxygen atoms in total. The summed E-state index contributed by atoms with van der Waals surface area (Å²) in [5.74, 6) is 0. The molecule has 66 valence electrons. The van der Waals surface area contributed by atoms with Crippen LogP contribution in [0.5, 0.6) is 0 Å². The van der Waals surface area contributed by atoms with Crippen molar-refractivity contribution in [2.45, 2.75) is 0 Å². The molecule has 0 rings (SSSR count). The number of nitrogens with two attached hydrogens (primary N) is 2. The average Bonchev–Trinajstić information content (AvgIpc) is 1.37. The molecule has 0 aliphatic carbocycles. The van der Waals surface area contributed by atoms with E-state index in [0.717, 1.165) is 0 Å². The Hall–Kier alpha value is 0.254. The Bertz CT molecular complexity index is 18.5. The van der Waals surface area contributed by atoms with Gasteiger partial charge in [0, 0.05) is 13.1 Å². The maximum absolute atomic E-state index is 4.90. The van der Waals surface area contributed by atoms with Gasteiger partial charge in [-0.2, -0.15) is 0 Å². The van der Waals surface area contributed by atoms with Crippen molar-refractivity contribution in [3.63, 3.8) is 0 Å². The van der Waals surface area contributed by atoms with Gasteiger partial charge in [-0.05, 0) is 0 Å². The van der Waals surface area contributed by atoms with Gasteiger partial charge in [0.2, 0.25) is 0 Å². The second-order valence-corrected chi connectivity index (χ2v) is 0.577. The van der Waals surface area contributed by atoms with Crippen LogP contribution in [0.4, 0.5) is 0 Å². The van der Waals surface area contributed by atoms with E-state index < -0.39 is 0 Å². The molecule has 0 aliphatic heterocycles. The van der Waals surface area contributed by atoms with Crippen LogP contribution in [0.2, 0.25) is 0 Å². The Balaban J connectivity index is -0.00000000450. The predicted molar refractivity (Wildman–Crippen MR) is 32.6 cm³/mol. The summed E-state index contributed by atoms with van der Waals surface area (Å²) in [6.45, 7) is 1.19. The zero-order chi connectivity index (χ0) is 3.41. The summed E-state index contributed by atoms with van der Waals surface area (Å²) < 4.78 is 0. The van der Waals surface area contributed by atoms with E-state index in [4.69, 9.17) is 11.5 Å². The summed E-state index contributed by atoms with van der Waals surface area (Å²) >= 11 is 0. The summed E-state index contributed by atoms with van der Waals surface area (Å²) in [5, 5.41) is 0. The van der Waals surface area contributed by atoms with Gasteiger partial charge >= 0.3 is 16.5 Å². The number of hydrogen-bond acceptors (Lipinski definition) is 2. The van der Waals surface area contributed by atoms with Crippen LogP contribution >= 0.6 is 0 Å². The van der Waals surface area contributed by atoms with Crippen molar-refractivity contribution in [3.8, 4) is 0 Å². The van der Waals surface area contributed by atoms with E-state index in [0.29, 0.717) is 13.1 Å². The largest absolute Gasteiger partial charge is 2.00 e. The van der Waals surface area contributed by atoms with E-state index in [1.807, 2.05) is 0 Å². The quantitative estimate of drug-likeness (QED) is 0.397. The summed E-state index contributed by atoms with van der Waals surface area (Å²) in [7, 11) is 0. The molecule has 0 saturated heterocycles. The van der Waals surface area contributed by atoms with Crippen molar-refractivity contribution >= 4 is 0 Å². The van der Waals surface area contributed by atoms with Gasteiger partial charge < -0.3 is 33.4 Å². The first kappa shape index (κ1) is 59.5. The van der Waals surface area contributed by atoms with E-state index in [-0.39, 0.29) is 38.4 Å². The van der Waals surface area contributed by atoms with Crippen molar-refractivity contribution in [1.29, 1.82) is 0 Å². The molecule has 0 unspecified atom stereocenters. The standard InChI is InChI=1S/C2H8N2.Ni.4H2O/c3-1-2-4;;;;;/h1-4H2;;4*1H2/q;+2;;;;. The Kier molecular flexibility index (Phi) is 566. The minimum atomic E-state index is 0. The molecule has 0 aliphatic rings. The molecule has 0 amide bonds. The van der Waals surface area contributed by atoms with Gasteiger partial charge in [0.15, 0.2) is 0 Å². The molecule has 9 heavy (non-hydrogen) atoms. The van der Waals surface area contributed by atoms with Crippen LogP contribution in [-0.4, -0.2) is 35.0 Å². The van der Waals surface area contributed by atoms with Crippen molar-refractivity contribution in [2.24, 2.45) is 11.5 Å². The van der Waals surface area contributed by atoms with Gasteiger partial charge in [-0.15, -0.1) is 0 Å². The molecular weight excluding hydrogens is 175 g/mol. The molecule has 0 aromatic carbocycles. The number of rotatable bonds is 1. The summed E-state index contributed by atoms with van der Waals surface area (Å²) in [6, 6.07) is 0. The van der Waals surface area contributed by atoms with E-state index >= 15 is 0 Å². The van der Waals surface area contributed by atoms with Gasteiger partial charge in [-0.1, -0.05) is 0 Å². The zero-order valence-corrected chi connectivity index (χ0v) is 5.87. The summed E-state index contributed by atoms with van der Waals surface area (Å²) in [5.41, 5.74) is 9.81. The Morgan fingerprint density at radius 1 is 0.667 bits per heavy atom. The monoisotopic (exact) mass is 190 g/mol. The van der Waals surface area contributed by atoms with E-state index in [1.54, 1.807) is 0 Å². The van der Waals surface area contributed by atoms with Gasteiger partial charge in [-0.25, -0.2) is 0 Å². The second kappa shape index (κ2) is 85.5. The molecular formula is C2H16N2NiO4+2. The minimum absolute atomic E-state index is 0. The second-order valence-electron chi connectivity index (χ2n) is 0.577. The molecule has 0 aromatic rings. The summed E-state index contributed by atoms with van der Waals surface area (Å²) in [6.07, 6.45) is 0. The Labute approximate surface area is 63.8 Å². The fraction of sp³-hybridized carbons (Fsp3) is 1.00. The van der Waals surface area contributed by atoms with Crippen LogP contribution < -0.4 is 11.5 Å². The third-order valence-corrected chi connectivity index (χ3v) is 0.167. The smallest absolute Gasteiger partial charge is 0.412 e. The van der Waals surface area contributed by atoms with Crippen LogP contribution in [0.1, 0.15) is 0 Å². The third-order valence-electron chi connectivity index (χ3n) is 0.167. The maximum atomic E-state index is 4.90. The van der Waals surface area contributed by atoms with Crippen LogP contribution in [0.3, 0.4) is 0 Å². The van der Waals surface area contributed by atoms with Gasteiger partial charge in [0.1, 0.15) is 0 Å². The van der Waals surface area contributed by atoms with E-state index in [9.17, 15) is 0 Å². The van der Waals surface area contributed by atoms with Crippen molar-refractivity contribution in [3.05, 3.63) is 0 Å². The maximum Gasteiger partial charge on any atom is 2.00 e.